The van der Waals surface area contributed by atoms with E-state index in [1.165, 1.54) is 0 Å². The molecule has 2 bridgehead atoms. The fourth-order valence-electron chi connectivity index (χ4n) is 6.23. The average Bonchev–Trinajstić information content (AvgIpc) is 3.23. The lowest BCUT2D eigenvalue weighted by molar-refractivity contribution is -0.347. The van der Waals surface area contributed by atoms with Crippen LogP contribution in [0.2, 0.25) is 0 Å². The molecule has 0 radical (unpaired) electrons. The second kappa shape index (κ2) is 7.08. The van der Waals surface area contributed by atoms with Crippen LogP contribution in [-0.2, 0) is 23.2 Å². The zero-order valence-electron chi connectivity index (χ0n) is 18.6. The number of tetrazole rings is 1. The first-order valence-corrected chi connectivity index (χ1v) is 11.3. The van der Waals surface area contributed by atoms with Crippen molar-refractivity contribution in [3.05, 3.63) is 77.1 Å². The third-order valence-electron chi connectivity index (χ3n) is 8.24. The smallest absolute Gasteiger partial charge is 0.287 e. The minimum absolute atomic E-state index is 0.110. The lowest BCUT2D eigenvalue weighted by Gasteiger charge is -2.74. The van der Waals surface area contributed by atoms with Gasteiger partial charge in [-0.2, -0.15) is 0 Å². The number of halogens is 4. The Balaban J connectivity index is 1.30. The maximum Gasteiger partial charge on any atom is 0.287 e. The molecule has 35 heavy (non-hydrogen) atoms. The Hall–Kier alpha value is -2.89. The molecule has 1 atom stereocenters. The molecule has 3 aliphatic carbocycles. The molecule has 4 fully saturated rings. The monoisotopic (exact) mass is 489 g/mol. The molecule has 2 heterocycles. The number of nitrogens with one attached hydrogen (secondary N) is 1. The average molecular weight is 489 g/mol. The lowest BCUT2D eigenvalue weighted by Crippen LogP contribution is -2.76. The van der Waals surface area contributed by atoms with Gasteiger partial charge in [0.15, 0.2) is 5.60 Å². The predicted octanol–water partition coefficient (Wildman–Crippen LogP) is 2.39. The number of nitrogens with zero attached hydrogens (tertiary/aromatic N) is 4. The number of aromatic nitrogens is 4. The van der Waals surface area contributed by atoms with Gasteiger partial charge in [-0.15, -0.1) is 5.10 Å². The minimum atomic E-state index is -3.76. The van der Waals surface area contributed by atoms with Crippen molar-refractivity contribution in [1.82, 2.24) is 25.5 Å². The van der Waals surface area contributed by atoms with Crippen molar-refractivity contribution >= 4 is 0 Å². The van der Waals surface area contributed by atoms with E-state index in [-0.39, 0.29) is 19.3 Å². The number of hydrogen-bond donors (Lipinski definition) is 3. The van der Waals surface area contributed by atoms with Crippen LogP contribution in [0.15, 0.2) is 48.8 Å². The summed E-state index contributed by atoms with van der Waals surface area (Å²) in [6.07, 6.45) is 1.38. The Morgan fingerprint density at radius 1 is 1.00 bits per heavy atom. The Kier molecular flexibility index (Phi) is 4.57. The number of rotatable bonds is 7. The van der Waals surface area contributed by atoms with Crippen LogP contribution in [0.4, 0.5) is 17.6 Å². The molecule has 0 spiro atoms. The SMILES string of the molecule is OC1(c2ccc(C34CC(C(F)(F)[C@@](O)(Cn5cnnn5)c5ccc(F)cc5F)(C3)C4)cc2)CNC1. The van der Waals surface area contributed by atoms with Gasteiger partial charge in [-0.3, -0.25) is 0 Å². The first kappa shape index (κ1) is 22.6. The first-order valence-electron chi connectivity index (χ1n) is 11.3. The molecule has 3 N–H and O–H groups in total. The molecule has 184 valence electrons. The van der Waals surface area contributed by atoms with Crippen LogP contribution in [0.5, 0.6) is 0 Å². The van der Waals surface area contributed by atoms with Gasteiger partial charge in [-0.1, -0.05) is 24.3 Å². The molecule has 2 aromatic carbocycles. The van der Waals surface area contributed by atoms with Gasteiger partial charge in [0.25, 0.3) is 5.92 Å². The van der Waals surface area contributed by atoms with E-state index in [1.54, 1.807) is 0 Å². The molecule has 1 saturated heterocycles. The lowest BCUT2D eigenvalue weighted by atomic mass is 9.30. The van der Waals surface area contributed by atoms with E-state index in [2.05, 4.69) is 20.8 Å². The summed E-state index contributed by atoms with van der Waals surface area (Å²) in [4.78, 5) is 0. The largest absolute Gasteiger partial charge is 0.382 e. The van der Waals surface area contributed by atoms with E-state index in [0.717, 1.165) is 34.3 Å². The van der Waals surface area contributed by atoms with Crippen molar-refractivity contribution in [3.8, 4) is 0 Å². The van der Waals surface area contributed by atoms with Gasteiger partial charge in [0.2, 0.25) is 0 Å². The Bertz CT molecular complexity index is 1260. The van der Waals surface area contributed by atoms with Crippen LogP contribution in [-0.4, -0.2) is 49.4 Å². The van der Waals surface area contributed by atoms with Gasteiger partial charge in [0.05, 0.1) is 6.54 Å². The molecule has 0 unspecified atom stereocenters. The van der Waals surface area contributed by atoms with Crippen molar-refractivity contribution in [2.75, 3.05) is 13.1 Å². The fourth-order valence-corrected chi connectivity index (χ4v) is 6.23. The van der Waals surface area contributed by atoms with E-state index in [1.807, 2.05) is 24.3 Å². The van der Waals surface area contributed by atoms with Crippen molar-refractivity contribution in [3.63, 3.8) is 0 Å². The van der Waals surface area contributed by atoms with Crippen molar-refractivity contribution in [2.45, 2.75) is 48.3 Å². The van der Waals surface area contributed by atoms with Gasteiger partial charge in [0, 0.05) is 30.1 Å². The number of β-amino-alcohol motifs (C(OH)–C–C–N with tert-alkyl or cyclic N) is 1. The Labute approximate surface area is 197 Å². The number of hydrogen-bond acceptors (Lipinski definition) is 6. The normalized spacial score (nSPS) is 28.4. The van der Waals surface area contributed by atoms with E-state index >= 15 is 8.78 Å². The molecule has 0 amide bonds. The van der Waals surface area contributed by atoms with Crippen LogP contribution in [0.25, 0.3) is 0 Å². The summed E-state index contributed by atoms with van der Waals surface area (Å²) in [7, 11) is 0. The van der Waals surface area contributed by atoms with Crippen LogP contribution < -0.4 is 5.32 Å². The molecule has 7 rings (SSSR count). The summed E-state index contributed by atoms with van der Waals surface area (Å²) in [5.74, 6) is -5.96. The highest BCUT2D eigenvalue weighted by molar-refractivity contribution is 5.44. The van der Waals surface area contributed by atoms with Crippen molar-refractivity contribution < 1.29 is 27.8 Å². The van der Waals surface area contributed by atoms with E-state index in [4.69, 9.17) is 0 Å². The number of benzene rings is 2. The highest BCUT2D eigenvalue weighted by Gasteiger charge is 2.82. The highest BCUT2D eigenvalue weighted by atomic mass is 19.3. The maximum absolute atomic E-state index is 16.2. The second-order valence-electron chi connectivity index (χ2n) is 10.4. The Morgan fingerprint density at radius 2 is 1.66 bits per heavy atom. The van der Waals surface area contributed by atoms with Crippen LogP contribution in [0, 0.1) is 17.0 Å². The second-order valence-corrected chi connectivity index (χ2v) is 10.4. The molecule has 7 nitrogen and oxygen atoms in total. The molecule has 3 aromatic rings. The van der Waals surface area contributed by atoms with Gasteiger partial charge in [0.1, 0.15) is 23.6 Å². The zero-order valence-corrected chi connectivity index (χ0v) is 18.6. The van der Waals surface area contributed by atoms with Gasteiger partial charge < -0.3 is 15.5 Å². The third kappa shape index (κ3) is 2.98. The summed E-state index contributed by atoms with van der Waals surface area (Å²) in [6.45, 7) is 0.130. The van der Waals surface area contributed by atoms with E-state index in [0.29, 0.717) is 19.2 Å². The molecular formula is C24H23F4N5O2. The van der Waals surface area contributed by atoms with E-state index in [9.17, 15) is 19.0 Å². The van der Waals surface area contributed by atoms with Crippen LogP contribution in [0.1, 0.15) is 36.0 Å². The summed E-state index contributed by atoms with van der Waals surface area (Å²) in [5, 5.41) is 35.3. The van der Waals surface area contributed by atoms with Crippen LogP contribution in [0.3, 0.4) is 0 Å². The topological polar surface area (TPSA) is 96.1 Å². The quantitative estimate of drug-likeness (QED) is 0.441. The highest BCUT2D eigenvalue weighted by Crippen LogP contribution is 2.80. The molecule has 1 aromatic heterocycles. The number of aliphatic hydroxyl groups is 2. The fraction of sp³-hybridized carbons (Fsp3) is 0.458. The van der Waals surface area contributed by atoms with Crippen molar-refractivity contribution in [1.29, 1.82) is 0 Å². The molecular weight excluding hydrogens is 466 g/mol. The molecule has 4 aliphatic rings. The molecule has 3 saturated carbocycles. The number of alkyl halides is 2. The summed E-state index contributed by atoms with van der Waals surface area (Å²) < 4.78 is 61.6. The van der Waals surface area contributed by atoms with E-state index < -0.39 is 51.7 Å². The Morgan fingerprint density at radius 3 is 2.20 bits per heavy atom. The standard InChI is InChI=1S/C24H23F4N5O2/c25-17-5-6-18(19(26)7-17)23(35,13-33-14-30-31-32-33)24(27,28)21-8-20(9-21,10-21)15-1-3-16(4-2-15)22(34)11-29-12-22/h1-7,14,29,34-35H,8-13H2/t20?,21?,23-/m1/s1. The summed E-state index contributed by atoms with van der Waals surface area (Å²) >= 11 is 0. The maximum atomic E-state index is 16.2. The minimum Gasteiger partial charge on any atom is -0.382 e. The van der Waals surface area contributed by atoms with Gasteiger partial charge in [-0.25, -0.2) is 22.2 Å². The predicted molar refractivity (Wildman–Crippen MR) is 114 cm³/mol. The third-order valence-corrected chi connectivity index (χ3v) is 8.24. The van der Waals surface area contributed by atoms with Crippen molar-refractivity contribution in [2.24, 2.45) is 5.41 Å². The first-order chi connectivity index (χ1) is 16.5. The summed E-state index contributed by atoms with van der Waals surface area (Å²) in [5.41, 5.74) is -4.95. The van der Waals surface area contributed by atoms with Gasteiger partial charge in [-0.05, 0) is 58.4 Å². The van der Waals surface area contributed by atoms with Crippen LogP contribution >= 0.6 is 0 Å². The molecule has 11 heteroatoms. The van der Waals surface area contributed by atoms with Gasteiger partial charge >= 0.3 is 0 Å². The molecule has 1 aliphatic heterocycles. The zero-order chi connectivity index (χ0) is 24.7. The summed E-state index contributed by atoms with van der Waals surface area (Å²) in [6, 6.07) is 9.54.